The number of hydrogen-bond acceptors (Lipinski definition) is 5. The number of sulfonamides is 1. The third kappa shape index (κ3) is 6.77. The Balaban J connectivity index is 1.96. The predicted molar refractivity (Wildman–Crippen MR) is 124 cm³/mol. The summed E-state index contributed by atoms with van der Waals surface area (Å²) < 4.78 is 30.1. The van der Waals surface area contributed by atoms with Crippen LogP contribution in [0.25, 0.3) is 0 Å². The van der Waals surface area contributed by atoms with E-state index < -0.39 is 27.9 Å². The average Bonchev–Trinajstić information content (AvgIpc) is 3.32. The van der Waals surface area contributed by atoms with Crippen molar-refractivity contribution >= 4 is 21.8 Å². The number of furan rings is 1. The van der Waals surface area contributed by atoms with E-state index in [9.17, 15) is 18.0 Å². The standard InChI is InChI=1S/C24H27N3O5S/c1-26(33(2,30)31)18-22(28)27(17-19-10-5-3-6-11-19)23(20-12-7-4-8-13-20)24(29)25-16-21-14-9-15-32-21/h3-15,23H,16-18H2,1-2H3,(H,25,29)/t23-/m1/s1. The lowest BCUT2D eigenvalue weighted by Gasteiger charge is -2.32. The van der Waals surface area contributed by atoms with Crippen LogP contribution in [0.4, 0.5) is 0 Å². The number of carbonyl (C=O) groups excluding carboxylic acids is 2. The van der Waals surface area contributed by atoms with Crippen molar-refractivity contribution in [3.63, 3.8) is 0 Å². The fourth-order valence-electron chi connectivity index (χ4n) is 3.29. The number of amides is 2. The van der Waals surface area contributed by atoms with E-state index in [4.69, 9.17) is 4.42 Å². The molecule has 0 saturated carbocycles. The van der Waals surface area contributed by atoms with Gasteiger partial charge in [0.05, 0.1) is 25.6 Å². The summed E-state index contributed by atoms with van der Waals surface area (Å²) in [5.41, 5.74) is 1.42. The van der Waals surface area contributed by atoms with Crippen LogP contribution in [0.15, 0.2) is 83.5 Å². The first-order valence-electron chi connectivity index (χ1n) is 10.4. The molecule has 3 rings (SSSR count). The van der Waals surface area contributed by atoms with Gasteiger partial charge in [-0.3, -0.25) is 9.59 Å². The summed E-state index contributed by atoms with van der Waals surface area (Å²) in [6.07, 6.45) is 2.55. The van der Waals surface area contributed by atoms with Crippen LogP contribution in [0.5, 0.6) is 0 Å². The first kappa shape index (κ1) is 24.2. The molecule has 0 aliphatic rings. The molecule has 0 fully saturated rings. The normalized spacial score (nSPS) is 12.3. The molecule has 1 atom stereocenters. The number of carbonyl (C=O) groups is 2. The molecule has 0 aliphatic carbocycles. The molecular weight excluding hydrogens is 442 g/mol. The third-order valence-electron chi connectivity index (χ3n) is 5.13. The fourth-order valence-corrected chi connectivity index (χ4v) is 3.64. The molecule has 0 bridgehead atoms. The van der Waals surface area contributed by atoms with Crippen molar-refractivity contribution in [1.29, 1.82) is 0 Å². The van der Waals surface area contributed by atoms with Gasteiger partial charge >= 0.3 is 0 Å². The van der Waals surface area contributed by atoms with Crippen molar-refractivity contribution in [3.05, 3.63) is 95.9 Å². The zero-order chi connectivity index (χ0) is 23.8. The van der Waals surface area contributed by atoms with Crippen molar-refractivity contribution in [2.45, 2.75) is 19.1 Å². The summed E-state index contributed by atoms with van der Waals surface area (Å²) in [7, 11) is -2.25. The number of hydrogen-bond donors (Lipinski definition) is 1. The van der Waals surface area contributed by atoms with Crippen LogP contribution in [0.2, 0.25) is 0 Å². The summed E-state index contributed by atoms with van der Waals surface area (Å²) in [6.45, 7) is -0.1000. The average molecular weight is 470 g/mol. The number of nitrogens with zero attached hydrogens (tertiary/aromatic N) is 2. The molecule has 0 unspecified atom stereocenters. The lowest BCUT2D eigenvalue weighted by Crippen LogP contribution is -2.47. The Morgan fingerprint density at radius 3 is 2.18 bits per heavy atom. The van der Waals surface area contributed by atoms with E-state index in [1.165, 1.54) is 18.2 Å². The van der Waals surface area contributed by atoms with E-state index in [1.54, 1.807) is 36.4 Å². The molecule has 8 nitrogen and oxygen atoms in total. The highest BCUT2D eigenvalue weighted by Gasteiger charge is 2.32. The van der Waals surface area contributed by atoms with E-state index in [0.717, 1.165) is 16.1 Å². The van der Waals surface area contributed by atoms with Gasteiger partial charge in [-0.05, 0) is 23.3 Å². The Hall–Kier alpha value is -3.43. The molecule has 1 heterocycles. The lowest BCUT2D eigenvalue weighted by atomic mass is 10.0. The maximum Gasteiger partial charge on any atom is 0.247 e. The molecule has 3 aromatic rings. The minimum Gasteiger partial charge on any atom is -0.467 e. The van der Waals surface area contributed by atoms with Crippen molar-refractivity contribution < 1.29 is 22.4 Å². The number of nitrogens with one attached hydrogen (secondary N) is 1. The van der Waals surface area contributed by atoms with Gasteiger partial charge in [-0.1, -0.05) is 60.7 Å². The van der Waals surface area contributed by atoms with Crippen LogP contribution in [-0.4, -0.2) is 49.3 Å². The maximum absolute atomic E-state index is 13.4. The van der Waals surface area contributed by atoms with Gasteiger partial charge in [-0.2, -0.15) is 4.31 Å². The highest BCUT2D eigenvalue weighted by molar-refractivity contribution is 7.88. The Kier molecular flexibility index (Phi) is 8.02. The first-order chi connectivity index (χ1) is 15.8. The summed E-state index contributed by atoms with van der Waals surface area (Å²) in [5.74, 6) is -0.314. The zero-order valence-electron chi connectivity index (χ0n) is 18.5. The smallest absolute Gasteiger partial charge is 0.247 e. The van der Waals surface area contributed by atoms with Crippen LogP contribution in [0.3, 0.4) is 0 Å². The van der Waals surface area contributed by atoms with Crippen LogP contribution in [-0.2, 0) is 32.7 Å². The minimum absolute atomic E-state index is 0.130. The van der Waals surface area contributed by atoms with Gasteiger partial charge in [0.2, 0.25) is 21.8 Å². The molecule has 1 aromatic heterocycles. The maximum atomic E-state index is 13.4. The molecule has 0 spiro atoms. The fraction of sp³-hybridized carbons (Fsp3) is 0.250. The second kappa shape index (κ2) is 10.9. The molecule has 0 radical (unpaired) electrons. The molecule has 2 aromatic carbocycles. The highest BCUT2D eigenvalue weighted by Crippen LogP contribution is 2.24. The van der Waals surface area contributed by atoms with E-state index >= 15 is 0 Å². The number of benzene rings is 2. The lowest BCUT2D eigenvalue weighted by molar-refractivity contribution is -0.141. The minimum atomic E-state index is -3.58. The molecule has 0 saturated heterocycles. The monoisotopic (exact) mass is 469 g/mol. The molecular formula is C24H27N3O5S. The van der Waals surface area contributed by atoms with Crippen molar-refractivity contribution in [2.24, 2.45) is 0 Å². The largest absolute Gasteiger partial charge is 0.467 e. The van der Waals surface area contributed by atoms with Crippen molar-refractivity contribution in [2.75, 3.05) is 19.8 Å². The molecule has 9 heteroatoms. The van der Waals surface area contributed by atoms with E-state index in [-0.39, 0.29) is 19.6 Å². The second-order valence-electron chi connectivity index (χ2n) is 7.64. The summed E-state index contributed by atoms with van der Waals surface area (Å²) in [5, 5.41) is 2.83. The second-order valence-corrected chi connectivity index (χ2v) is 9.73. The predicted octanol–water partition coefficient (Wildman–Crippen LogP) is 2.56. The van der Waals surface area contributed by atoms with Crippen LogP contribution in [0.1, 0.15) is 22.9 Å². The molecule has 1 N–H and O–H groups in total. The van der Waals surface area contributed by atoms with Gasteiger partial charge in [-0.25, -0.2) is 8.42 Å². The highest BCUT2D eigenvalue weighted by atomic mass is 32.2. The van der Waals surface area contributed by atoms with Gasteiger partial charge < -0.3 is 14.6 Å². The Morgan fingerprint density at radius 1 is 0.970 bits per heavy atom. The topological polar surface area (TPSA) is 99.9 Å². The van der Waals surface area contributed by atoms with Gasteiger partial charge in [0.25, 0.3) is 0 Å². The summed E-state index contributed by atoms with van der Waals surface area (Å²) in [6, 6.07) is 20.7. The van der Waals surface area contributed by atoms with Gasteiger partial charge in [0.1, 0.15) is 11.8 Å². The Morgan fingerprint density at radius 2 is 1.61 bits per heavy atom. The molecule has 2 amide bonds. The number of rotatable bonds is 10. The Bertz CT molecular complexity index is 1150. The van der Waals surface area contributed by atoms with Crippen LogP contribution >= 0.6 is 0 Å². The van der Waals surface area contributed by atoms with Crippen molar-refractivity contribution in [3.8, 4) is 0 Å². The van der Waals surface area contributed by atoms with E-state index in [0.29, 0.717) is 11.3 Å². The summed E-state index contributed by atoms with van der Waals surface area (Å²) >= 11 is 0. The van der Waals surface area contributed by atoms with Crippen LogP contribution in [0, 0.1) is 0 Å². The SMILES string of the molecule is CN(CC(=O)N(Cc1ccccc1)[C@@H](C(=O)NCc1ccco1)c1ccccc1)S(C)(=O)=O. The molecule has 33 heavy (non-hydrogen) atoms. The Labute approximate surface area is 193 Å². The molecule has 0 aliphatic heterocycles. The van der Waals surface area contributed by atoms with E-state index in [2.05, 4.69) is 5.32 Å². The third-order valence-corrected chi connectivity index (χ3v) is 6.39. The van der Waals surface area contributed by atoms with Gasteiger partial charge in [0, 0.05) is 13.6 Å². The first-order valence-corrected chi connectivity index (χ1v) is 12.2. The van der Waals surface area contributed by atoms with Gasteiger partial charge in [0.15, 0.2) is 0 Å². The number of likely N-dealkylation sites (N-methyl/N-ethyl adjacent to an activating group) is 1. The van der Waals surface area contributed by atoms with Crippen LogP contribution < -0.4 is 5.32 Å². The summed E-state index contributed by atoms with van der Waals surface area (Å²) in [4.78, 5) is 28.2. The van der Waals surface area contributed by atoms with E-state index in [1.807, 2.05) is 36.4 Å². The zero-order valence-corrected chi connectivity index (χ0v) is 19.4. The van der Waals surface area contributed by atoms with Crippen molar-refractivity contribution in [1.82, 2.24) is 14.5 Å². The molecule has 174 valence electrons. The quantitative estimate of drug-likeness (QED) is 0.492. The van der Waals surface area contributed by atoms with Gasteiger partial charge in [-0.15, -0.1) is 0 Å².